The highest BCUT2D eigenvalue weighted by atomic mass is 15.0. The van der Waals surface area contributed by atoms with Gasteiger partial charge in [-0.2, -0.15) is 0 Å². The summed E-state index contributed by atoms with van der Waals surface area (Å²) in [6.07, 6.45) is 2.48. The Morgan fingerprint density at radius 2 is 2.11 bits per heavy atom. The van der Waals surface area contributed by atoms with E-state index in [9.17, 15) is 0 Å². The Labute approximate surface area is 114 Å². The Bertz CT molecular complexity index is 571. The van der Waals surface area contributed by atoms with Crippen LogP contribution in [0.15, 0.2) is 18.2 Å². The first-order valence-corrected chi connectivity index (χ1v) is 7.25. The summed E-state index contributed by atoms with van der Waals surface area (Å²) in [6, 6.07) is 6.60. The molecule has 0 saturated carbocycles. The standard InChI is InChI=1S/C16H23N3/c1-16(2,3)12-6-7-13-14(9-12)19-15(18-13)11-5-4-8-17-10-11/h6-7,9,11,17H,4-5,8,10H2,1-3H3,(H,18,19). The predicted octanol–water partition coefficient (Wildman–Crippen LogP) is 3.33. The van der Waals surface area contributed by atoms with E-state index in [1.165, 1.54) is 23.9 Å². The number of piperidine rings is 1. The molecule has 19 heavy (non-hydrogen) atoms. The average molecular weight is 257 g/mol. The van der Waals surface area contributed by atoms with Crippen LogP contribution in [-0.4, -0.2) is 23.1 Å². The zero-order valence-electron chi connectivity index (χ0n) is 12.1. The highest BCUT2D eigenvalue weighted by molar-refractivity contribution is 5.76. The summed E-state index contributed by atoms with van der Waals surface area (Å²) in [5.41, 5.74) is 3.81. The number of nitrogens with zero attached hydrogens (tertiary/aromatic N) is 1. The lowest BCUT2D eigenvalue weighted by molar-refractivity contribution is 0.449. The third-order valence-electron chi connectivity index (χ3n) is 4.05. The van der Waals surface area contributed by atoms with Crippen LogP contribution in [-0.2, 0) is 5.41 Å². The number of benzene rings is 1. The van der Waals surface area contributed by atoms with Crippen LogP contribution in [0.25, 0.3) is 11.0 Å². The molecule has 1 aliphatic heterocycles. The van der Waals surface area contributed by atoms with Gasteiger partial charge in [-0.15, -0.1) is 0 Å². The summed E-state index contributed by atoms with van der Waals surface area (Å²) in [6.45, 7) is 8.93. The maximum absolute atomic E-state index is 4.76. The summed E-state index contributed by atoms with van der Waals surface area (Å²) in [5.74, 6) is 1.69. The molecule has 0 aliphatic carbocycles. The molecule has 1 aromatic carbocycles. The van der Waals surface area contributed by atoms with Crippen molar-refractivity contribution in [3.05, 3.63) is 29.6 Å². The van der Waals surface area contributed by atoms with Gasteiger partial charge in [0.2, 0.25) is 0 Å². The molecule has 3 heteroatoms. The summed E-state index contributed by atoms with van der Waals surface area (Å²) < 4.78 is 0. The van der Waals surface area contributed by atoms with Crippen LogP contribution in [0.1, 0.15) is 50.9 Å². The first-order valence-electron chi connectivity index (χ1n) is 7.25. The van der Waals surface area contributed by atoms with Gasteiger partial charge in [0.15, 0.2) is 0 Å². The molecule has 1 saturated heterocycles. The van der Waals surface area contributed by atoms with Crippen molar-refractivity contribution in [2.45, 2.75) is 44.9 Å². The lowest BCUT2D eigenvalue weighted by Crippen LogP contribution is -2.28. The lowest BCUT2D eigenvalue weighted by Gasteiger charge is -2.20. The van der Waals surface area contributed by atoms with Gasteiger partial charge < -0.3 is 10.3 Å². The molecule has 1 atom stereocenters. The van der Waals surface area contributed by atoms with E-state index in [0.717, 1.165) is 24.4 Å². The third kappa shape index (κ3) is 2.52. The number of rotatable bonds is 1. The number of imidazole rings is 1. The molecule has 2 aromatic rings. The van der Waals surface area contributed by atoms with Gasteiger partial charge in [-0.3, -0.25) is 0 Å². The van der Waals surface area contributed by atoms with Crippen molar-refractivity contribution in [3.63, 3.8) is 0 Å². The van der Waals surface area contributed by atoms with Gasteiger partial charge in [-0.05, 0) is 42.5 Å². The zero-order chi connectivity index (χ0) is 13.5. The molecular formula is C16H23N3. The van der Waals surface area contributed by atoms with Crippen LogP contribution >= 0.6 is 0 Å². The topological polar surface area (TPSA) is 40.7 Å². The van der Waals surface area contributed by atoms with Crippen LogP contribution in [0.2, 0.25) is 0 Å². The van der Waals surface area contributed by atoms with E-state index in [1.807, 2.05) is 0 Å². The van der Waals surface area contributed by atoms with Crippen LogP contribution in [0.4, 0.5) is 0 Å². The molecule has 0 bridgehead atoms. The molecule has 1 aromatic heterocycles. The second-order valence-corrected chi connectivity index (χ2v) is 6.65. The number of H-pyrrole nitrogens is 1. The fourth-order valence-corrected chi connectivity index (χ4v) is 2.77. The fourth-order valence-electron chi connectivity index (χ4n) is 2.77. The molecule has 0 amide bonds. The van der Waals surface area contributed by atoms with Crippen molar-refractivity contribution < 1.29 is 0 Å². The van der Waals surface area contributed by atoms with Crippen molar-refractivity contribution in [2.24, 2.45) is 0 Å². The van der Waals surface area contributed by atoms with Crippen molar-refractivity contribution in [1.29, 1.82) is 0 Å². The fraction of sp³-hybridized carbons (Fsp3) is 0.562. The van der Waals surface area contributed by atoms with Gasteiger partial charge >= 0.3 is 0 Å². The Kier molecular flexibility index (Phi) is 3.09. The number of nitrogens with one attached hydrogen (secondary N) is 2. The molecule has 1 aliphatic rings. The molecule has 3 rings (SSSR count). The van der Waals surface area contributed by atoms with Gasteiger partial charge in [0, 0.05) is 12.5 Å². The second-order valence-electron chi connectivity index (χ2n) is 6.65. The van der Waals surface area contributed by atoms with Gasteiger partial charge in [0.05, 0.1) is 11.0 Å². The van der Waals surface area contributed by atoms with E-state index in [2.05, 4.69) is 49.3 Å². The van der Waals surface area contributed by atoms with Crippen LogP contribution in [0, 0.1) is 0 Å². The van der Waals surface area contributed by atoms with Gasteiger partial charge in [-0.25, -0.2) is 4.98 Å². The number of hydrogen-bond donors (Lipinski definition) is 2. The normalized spacial score (nSPS) is 20.9. The molecule has 0 spiro atoms. The Balaban J connectivity index is 1.96. The largest absolute Gasteiger partial charge is 0.342 e. The molecule has 1 unspecified atom stereocenters. The van der Waals surface area contributed by atoms with E-state index in [-0.39, 0.29) is 5.41 Å². The monoisotopic (exact) mass is 257 g/mol. The van der Waals surface area contributed by atoms with E-state index >= 15 is 0 Å². The van der Waals surface area contributed by atoms with Crippen LogP contribution < -0.4 is 5.32 Å². The summed E-state index contributed by atoms with van der Waals surface area (Å²) >= 11 is 0. The highest BCUT2D eigenvalue weighted by Gasteiger charge is 2.19. The summed E-state index contributed by atoms with van der Waals surface area (Å²) in [7, 11) is 0. The highest BCUT2D eigenvalue weighted by Crippen LogP contribution is 2.27. The minimum absolute atomic E-state index is 0.186. The van der Waals surface area contributed by atoms with Crippen molar-refractivity contribution in [2.75, 3.05) is 13.1 Å². The van der Waals surface area contributed by atoms with Crippen molar-refractivity contribution in [3.8, 4) is 0 Å². The first-order chi connectivity index (χ1) is 9.04. The third-order valence-corrected chi connectivity index (χ3v) is 4.05. The molecule has 102 valence electrons. The van der Waals surface area contributed by atoms with Crippen LogP contribution in [0.5, 0.6) is 0 Å². The van der Waals surface area contributed by atoms with Gasteiger partial charge in [0.1, 0.15) is 5.82 Å². The van der Waals surface area contributed by atoms with Gasteiger partial charge in [0.25, 0.3) is 0 Å². The SMILES string of the molecule is CC(C)(C)c1ccc2nc(C3CCCNC3)[nH]c2c1. The van der Waals surface area contributed by atoms with E-state index in [4.69, 9.17) is 4.98 Å². The Morgan fingerprint density at radius 3 is 2.79 bits per heavy atom. The van der Waals surface area contributed by atoms with E-state index in [1.54, 1.807) is 0 Å². The number of fused-ring (bicyclic) bond motifs is 1. The maximum atomic E-state index is 4.76. The maximum Gasteiger partial charge on any atom is 0.111 e. The second kappa shape index (κ2) is 4.64. The minimum atomic E-state index is 0.186. The number of hydrogen-bond acceptors (Lipinski definition) is 2. The number of aromatic amines is 1. The molecule has 0 radical (unpaired) electrons. The van der Waals surface area contributed by atoms with E-state index in [0.29, 0.717) is 5.92 Å². The lowest BCUT2D eigenvalue weighted by atomic mass is 9.87. The number of aromatic nitrogens is 2. The zero-order valence-corrected chi connectivity index (χ0v) is 12.1. The van der Waals surface area contributed by atoms with Crippen LogP contribution in [0.3, 0.4) is 0 Å². The van der Waals surface area contributed by atoms with Crippen molar-refractivity contribution in [1.82, 2.24) is 15.3 Å². The smallest absolute Gasteiger partial charge is 0.111 e. The van der Waals surface area contributed by atoms with Crippen molar-refractivity contribution >= 4 is 11.0 Å². The quantitative estimate of drug-likeness (QED) is 0.822. The summed E-state index contributed by atoms with van der Waals surface area (Å²) in [5, 5.41) is 3.45. The Hall–Kier alpha value is -1.35. The average Bonchev–Trinajstić information content (AvgIpc) is 2.81. The summed E-state index contributed by atoms with van der Waals surface area (Å²) in [4.78, 5) is 8.29. The predicted molar refractivity (Wildman–Crippen MR) is 79.6 cm³/mol. The van der Waals surface area contributed by atoms with Gasteiger partial charge in [-0.1, -0.05) is 26.8 Å². The molecule has 2 heterocycles. The molecule has 3 nitrogen and oxygen atoms in total. The minimum Gasteiger partial charge on any atom is -0.342 e. The Morgan fingerprint density at radius 1 is 1.26 bits per heavy atom. The molecule has 1 fully saturated rings. The molecule has 2 N–H and O–H groups in total. The first kappa shape index (κ1) is 12.7. The molecular weight excluding hydrogens is 234 g/mol. The van der Waals surface area contributed by atoms with E-state index < -0.39 is 0 Å².